The van der Waals surface area contributed by atoms with Crippen molar-refractivity contribution in [3.05, 3.63) is 68.7 Å². The highest BCUT2D eigenvalue weighted by atomic mass is 35.5. The molecule has 0 bridgehead atoms. The van der Waals surface area contributed by atoms with Crippen LogP contribution in [0.5, 0.6) is 0 Å². The van der Waals surface area contributed by atoms with E-state index in [9.17, 15) is 0 Å². The summed E-state index contributed by atoms with van der Waals surface area (Å²) in [7, 11) is 0. The molecule has 0 spiro atoms. The van der Waals surface area contributed by atoms with Crippen molar-refractivity contribution in [2.75, 3.05) is 6.54 Å². The van der Waals surface area contributed by atoms with E-state index in [2.05, 4.69) is 35.6 Å². The molecule has 0 saturated heterocycles. The Kier molecular flexibility index (Phi) is 5.58. The largest absolute Gasteiger partial charge is 0.366 e. The molecular weight excluding hydrogens is 306 g/mol. The first-order chi connectivity index (χ1) is 9.65. The number of thioether (sulfide) groups is 1. The molecule has 0 saturated carbocycles. The fourth-order valence-electron chi connectivity index (χ4n) is 2.20. The summed E-state index contributed by atoms with van der Waals surface area (Å²) in [5, 5.41) is 4.15. The number of rotatable bonds is 5. The van der Waals surface area contributed by atoms with Crippen LogP contribution in [0, 0.1) is 0 Å². The second-order valence-electron chi connectivity index (χ2n) is 4.54. The highest BCUT2D eigenvalue weighted by molar-refractivity contribution is 8.07. The molecule has 1 aromatic rings. The van der Waals surface area contributed by atoms with Gasteiger partial charge in [-0.2, -0.15) is 0 Å². The molecular formula is C16H18ClNS2. The number of thiophene rings is 1. The smallest absolute Gasteiger partial charge is 0.0743 e. The number of fused-ring (bicyclic) bond motifs is 1. The molecule has 2 heterocycles. The van der Waals surface area contributed by atoms with Gasteiger partial charge in [-0.05, 0) is 41.5 Å². The summed E-state index contributed by atoms with van der Waals surface area (Å²) in [6.07, 6.45) is 5.94. The van der Waals surface area contributed by atoms with Gasteiger partial charge in [-0.3, -0.25) is 0 Å². The third-order valence-corrected chi connectivity index (χ3v) is 5.31. The van der Waals surface area contributed by atoms with E-state index >= 15 is 0 Å². The van der Waals surface area contributed by atoms with Gasteiger partial charge >= 0.3 is 0 Å². The summed E-state index contributed by atoms with van der Waals surface area (Å²) in [6, 6.07) is 2.21. The molecule has 0 aromatic carbocycles. The molecule has 1 atom stereocenters. The molecule has 1 nitrogen and oxygen atoms in total. The van der Waals surface area contributed by atoms with Crippen molar-refractivity contribution in [3.63, 3.8) is 0 Å². The zero-order chi connectivity index (χ0) is 14.5. The molecule has 1 aliphatic rings. The standard InChI is InChI=1S/C16H18ClNS2/c1-4-7-20-16(17)9-13-10-18(12(3)5-2)11-15-14(13)6-8-19-15/h4-9,13H,2-3,10-11H2,1H3/b7-4-,16-9+. The third-order valence-electron chi connectivity index (χ3n) is 3.22. The second-order valence-corrected chi connectivity index (χ2v) is 7.12. The minimum absolute atomic E-state index is 0.312. The van der Waals surface area contributed by atoms with Crippen molar-refractivity contribution in [2.45, 2.75) is 19.4 Å². The lowest BCUT2D eigenvalue weighted by atomic mass is 9.95. The molecule has 0 amide bonds. The number of hydrogen-bond donors (Lipinski definition) is 0. The van der Waals surface area contributed by atoms with Crippen molar-refractivity contribution < 1.29 is 0 Å². The first kappa shape index (κ1) is 15.5. The lowest BCUT2D eigenvalue weighted by Crippen LogP contribution is -2.30. The minimum atomic E-state index is 0.312. The van der Waals surface area contributed by atoms with Crippen molar-refractivity contribution in [1.82, 2.24) is 4.90 Å². The zero-order valence-corrected chi connectivity index (χ0v) is 13.9. The van der Waals surface area contributed by atoms with Gasteiger partial charge in [0.05, 0.1) is 10.9 Å². The van der Waals surface area contributed by atoms with E-state index in [1.165, 1.54) is 10.4 Å². The Morgan fingerprint density at radius 1 is 1.60 bits per heavy atom. The van der Waals surface area contributed by atoms with Gasteiger partial charge in [-0.1, -0.05) is 42.6 Å². The molecule has 1 aromatic heterocycles. The maximum Gasteiger partial charge on any atom is 0.0743 e. The molecule has 0 aliphatic carbocycles. The van der Waals surface area contributed by atoms with Gasteiger partial charge in [0.15, 0.2) is 0 Å². The molecule has 20 heavy (non-hydrogen) atoms. The summed E-state index contributed by atoms with van der Waals surface area (Å²) in [6.45, 7) is 11.7. The number of hydrogen-bond acceptors (Lipinski definition) is 3. The molecule has 4 heteroatoms. The van der Waals surface area contributed by atoms with E-state index in [0.717, 1.165) is 23.2 Å². The lowest BCUT2D eigenvalue weighted by molar-refractivity contribution is 0.322. The predicted molar refractivity (Wildman–Crippen MR) is 93.1 cm³/mol. The Balaban J connectivity index is 2.23. The van der Waals surface area contributed by atoms with Crippen LogP contribution < -0.4 is 0 Å². The van der Waals surface area contributed by atoms with Gasteiger partial charge in [0.2, 0.25) is 0 Å². The van der Waals surface area contributed by atoms with E-state index < -0.39 is 0 Å². The van der Waals surface area contributed by atoms with Crippen molar-refractivity contribution in [2.24, 2.45) is 0 Å². The number of halogens is 1. The van der Waals surface area contributed by atoms with Gasteiger partial charge in [0.1, 0.15) is 0 Å². The van der Waals surface area contributed by atoms with Crippen LogP contribution in [-0.2, 0) is 6.54 Å². The van der Waals surface area contributed by atoms with Crippen molar-refractivity contribution >= 4 is 34.7 Å². The molecule has 0 radical (unpaired) electrons. The van der Waals surface area contributed by atoms with E-state index in [1.807, 2.05) is 24.5 Å². The first-order valence-electron chi connectivity index (χ1n) is 6.43. The molecule has 1 aliphatic heterocycles. The summed E-state index contributed by atoms with van der Waals surface area (Å²) >= 11 is 9.65. The average molecular weight is 324 g/mol. The van der Waals surface area contributed by atoms with Crippen molar-refractivity contribution in [3.8, 4) is 0 Å². The fourth-order valence-corrected chi connectivity index (χ4v) is 3.98. The fraction of sp³-hybridized carbons (Fsp3) is 0.250. The van der Waals surface area contributed by atoms with E-state index in [1.54, 1.807) is 23.1 Å². The van der Waals surface area contributed by atoms with Crippen molar-refractivity contribution in [1.29, 1.82) is 0 Å². The van der Waals surface area contributed by atoms with Crippen LogP contribution in [0.25, 0.3) is 0 Å². The Bertz CT molecular complexity index is 557. The maximum absolute atomic E-state index is 6.30. The second kappa shape index (κ2) is 7.21. The van der Waals surface area contributed by atoms with Gasteiger partial charge in [0.25, 0.3) is 0 Å². The van der Waals surface area contributed by atoms with Crippen LogP contribution in [0.15, 0.2) is 58.3 Å². The molecule has 1 unspecified atom stereocenters. The van der Waals surface area contributed by atoms with E-state index in [0.29, 0.717) is 5.92 Å². The maximum atomic E-state index is 6.30. The van der Waals surface area contributed by atoms with Crippen LogP contribution in [0.3, 0.4) is 0 Å². The topological polar surface area (TPSA) is 3.24 Å². The van der Waals surface area contributed by atoms with Crippen LogP contribution in [-0.4, -0.2) is 11.4 Å². The molecule has 0 fully saturated rings. The van der Waals surface area contributed by atoms with Crippen LogP contribution in [0.1, 0.15) is 23.3 Å². The summed E-state index contributed by atoms with van der Waals surface area (Å²) in [5.41, 5.74) is 2.36. The first-order valence-corrected chi connectivity index (χ1v) is 8.57. The molecule has 0 N–H and O–H groups in total. The number of allylic oxidation sites excluding steroid dienone is 2. The Morgan fingerprint density at radius 2 is 2.40 bits per heavy atom. The third kappa shape index (κ3) is 3.60. The quantitative estimate of drug-likeness (QED) is 0.640. The minimum Gasteiger partial charge on any atom is -0.366 e. The Labute approximate surface area is 134 Å². The van der Waals surface area contributed by atoms with Gasteiger partial charge in [0, 0.05) is 23.0 Å². The average Bonchev–Trinajstić information content (AvgIpc) is 2.92. The van der Waals surface area contributed by atoms with Crippen LogP contribution in [0.2, 0.25) is 0 Å². The highest BCUT2D eigenvalue weighted by Gasteiger charge is 2.25. The van der Waals surface area contributed by atoms with Gasteiger partial charge < -0.3 is 4.90 Å². The van der Waals surface area contributed by atoms with Gasteiger partial charge in [-0.25, -0.2) is 0 Å². The lowest BCUT2D eigenvalue weighted by Gasteiger charge is -2.33. The normalized spacial score (nSPS) is 19.2. The Morgan fingerprint density at radius 3 is 3.10 bits per heavy atom. The van der Waals surface area contributed by atoms with Crippen LogP contribution >= 0.6 is 34.7 Å². The predicted octanol–water partition coefficient (Wildman–Crippen LogP) is 5.69. The SMILES string of the molecule is C=CC(=C)N1Cc2sccc2C(/C=C(\Cl)S/C=C\C)C1. The van der Waals surface area contributed by atoms with E-state index in [4.69, 9.17) is 11.6 Å². The summed E-state index contributed by atoms with van der Waals surface area (Å²) < 4.78 is 0.816. The van der Waals surface area contributed by atoms with Crippen LogP contribution in [0.4, 0.5) is 0 Å². The highest BCUT2D eigenvalue weighted by Crippen LogP contribution is 2.37. The van der Waals surface area contributed by atoms with E-state index in [-0.39, 0.29) is 0 Å². The number of nitrogens with zero attached hydrogens (tertiary/aromatic N) is 1. The monoisotopic (exact) mass is 323 g/mol. The molecule has 2 rings (SSSR count). The zero-order valence-electron chi connectivity index (χ0n) is 11.5. The summed E-state index contributed by atoms with van der Waals surface area (Å²) in [5.74, 6) is 0.312. The molecule has 106 valence electrons. The van der Waals surface area contributed by atoms with Gasteiger partial charge in [-0.15, -0.1) is 11.3 Å². The summed E-state index contributed by atoms with van der Waals surface area (Å²) in [4.78, 5) is 3.65. The Hall–Kier alpha value is -0.900.